The van der Waals surface area contributed by atoms with Gasteiger partial charge in [-0.25, -0.2) is 4.98 Å². The molecule has 0 N–H and O–H groups in total. The summed E-state index contributed by atoms with van der Waals surface area (Å²) in [6.45, 7) is 9.68. The molecule has 0 saturated carbocycles. The van der Waals surface area contributed by atoms with Crippen LogP contribution < -0.4 is 0 Å². The van der Waals surface area contributed by atoms with Gasteiger partial charge in [-0.2, -0.15) is 0 Å². The number of rotatable bonds is 8. The van der Waals surface area contributed by atoms with Gasteiger partial charge in [0.25, 0.3) is 5.91 Å². The van der Waals surface area contributed by atoms with Gasteiger partial charge in [0, 0.05) is 45.8 Å². The minimum atomic E-state index is -0.0793. The summed E-state index contributed by atoms with van der Waals surface area (Å²) >= 11 is 0. The van der Waals surface area contributed by atoms with Crippen LogP contribution in [-0.2, 0) is 6.54 Å². The van der Waals surface area contributed by atoms with Crippen LogP contribution >= 0.6 is 0 Å². The van der Waals surface area contributed by atoms with Crippen molar-refractivity contribution >= 4 is 12.0 Å². The van der Waals surface area contributed by atoms with Gasteiger partial charge in [-0.3, -0.25) is 14.6 Å². The SMILES string of the molecule is CCC(C)N(C)C(=O)c1coc(CN2CCN(C/C=C/c3ccccc3)CC2)n1. The number of nitrogens with zero attached hydrogens (tertiary/aromatic N) is 4. The maximum absolute atomic E-state index is 12.5. The molecule has 1 aliphatic heterocycles. The summed E-state index contributed by atoms with van der Waals surface area (Å²) in [6.07, 6.45) is 6.80. The van der Waals surface area contributed by atoms with E-state index in [9.17, 15) is 4.79 Å². The number of aromatic nitrogens is 1. The molecule has 6 nitrogen and oxygen atoms in total. The summed E-state index contributed by atoms with van der Waals surface area (Å²) in [6, 6.07) is 10.6. The van der Waals surface area contributed by atoms with E-state index in [1.807, 2.05) is 20.0 Å². The third kappa shape index (κ3) is 6.02. The summed E-state index contributed by atoms with van der Waals surface area (Å²) in [7, 11) is 1.82. The lowest BCUT2D eigenvalue weighted by atomic mass is 10.2. The van der Waals surface area contributed by atoms with Crippen LogP contribution in [0.1, 0.15) is 42.2 Å². The number of hydrogen-bond acceptors (Lipinski definition) is 5. The van der Waals surface area contributed by atoms with Crippen molar-refractivity contribution in [3.63, 3.8) is 0 Å². The Bertz CT molecular complexity index is 794. The highest BCUT2D eigenvalue weighted by Gasteiger charge is 2.22. The highest BCUT2D eigenvalue weighted by Crippen LogP contribution is 2.12. The van der Waals surface area contributed by atoms with Crippen LogP contribution in [0.3, 0.4) is 0 Å². The smallest absolute Gasteiger partial charge is 0.275 e. The molecule has 0 bridgehead atoms. The zero-order chi connectivity index (χ0) is 20.6. The molecule has 1 saturated heterocycles. The van der Waals surface area contributed by atoms with Gasteiger partial charge < -0.3 is 9.32 Å². The molecule has 3 rings (SSSR count). The van der Waals surface area contributed by atoms with E-state index >= 15 is 0 Å². The van der Waals surface area contributed by atoms with Crippen molar-refractivity contribution in [3.8, 4) is 0 Å². The minimum absolute atomic E-state index is 0.0793. The predicted molar refractivity (Wildman–Crippen MR) is 116 cm³/mol. The highest BCUT2D eigenvalue weighted by atomic mass is 16.3. The summed E-state index contributed by atoms with van der Waals surface area (Å²) in [5, 5.41) is 0. The van der Waals surface area contributed by atoms with E-state index in [1.54, 1.807) is 4.90 Å². The first-order valence-corrected chi connectivity index (χ1v) is 10.4. The number of carbonyl (C=O) groups excluding carboxylic acids is 1. The van der Waals surface area contributed by atoms with Gasteiger partial charge in [0.15, 0.2) is 5.69 Å². The fourth-order valence-electron chi connectivity index (χ4n) is 3.36. The van der Waals surface area contributed by atoms with E-state index in [1.165, 1.54) is 11.8 Å². The summed E-state index contributed by atoms with van der Waals surface area (Å²) in [5.74, 6) is 0.535. The van der Waals surface area contributed by atoms with E-state index in [0.717, 1.165) is 39.1 Å². The van der Waals surface area contributed by atoms with Crippen molar-refractivity contribution in [1.29, 1.82) is 0 Å². The third-order valence-electron chi connectivity index (χ3n) is 5.64. The molecule has 1 atom stereocenters. The molecule has 1 unspecified atom stereocenters. The Hall–Kier alpha value is -2.44. The van der Waals surface area contributed by atoms with Crippen molar-refractivity contribution in [1.82, 2.24) is 19.7 Å². The molecular formula is C23H32N4O2. The monoisotopic (exact) mass is 396 g/mol. The first kappa shape index (κ1) is 21.3. The molecular weight excluding hydrogens is 364 g/mol. The van der Waals surface area contributed by atoms with Crippen LogP contribution in [0.25, 0.3) is 6.08 Å². The Morgan fingerprint density at radius 1 is 1.21 bits per heavy atom. The molecule has 6 heteroatoms. The molecule has 0 radical (unpaired) electrons. The lowest BCUT2D eigenvalue weighted by Gasteiger charge is -2.33. The van der Waals surface area contributed by atoms with E-state index < -0.39 is 0 Å². The molecule has 1 amide bonds. The first-order valence-electron chi connectivity index (χ1n) is 10.4. The van der Waals surface area contributed by atoms with Gasteiger partial charge in [0.2, 0.25) is 5.89 Å². The van der Waals surface area contributed by atoms with Gasteiger partial charge >= 0.3 is 0 Å². The Morgan fingerprint density at radius 2 is 1.90 bits per heavy atom. The van der Waals surface area contributed by atoms with Crippen molar-refractivity contribution in [3.05, 3.63) is 59.8 Å². The van der Waals surface area contributed by atoms with E-state index in [-0.39, 0.29) is 11.9 Å². The molecule has 2 heterocycles. The van der Waals surface area contributed by atoms with Crippen LogP contribution in [0.4, 0.5) is 0 Å². The van der Waals surface area contributed by atoms with Gasteiger partial charge in [0.05, 0.1) is 6.54 Å². The molecule has 1 fully saturated rings. The largest absolute Gasteiger partial charge is 0.447 e. The first-order chi connectivity index (χ1) is 14.1. The lowest BCUT2D eigenvalue weighted by Crippen LogP contribution is -2.45. The Morgan fingerprint density at radius 3 is 2.59 bits per heavy atom. The van der Waals surface area contributed by atoms with Gasteiger partial charge in [-0.05, 0) is 18.9 Å². The summed E-state index contributed by atoms with van der Waals surface area (Å²) < 4.78 is 5.57. The van der Waals surface area contributed by atoms with Crippen LogP contribution in [0.5, 0.6) is 0 Å². The van der Waals surface area contributed by atoms with Gasteiger partial charge in [-0.15, -0.1) is 0 Å². The second-order valence-electron chi connectivity index (χ2n) is 7.69. The zero-order valence-corrected chi connectivity index (χ0v) is 17.8. The molecule has 29 heavy (non-hydrogen) atoms. The van der Waals surface area contributed by atoms with E-state index in [2.05, 4.69) is 58.1 Å². The van der Waals surface area contributed by atoms with Crippen molar-refractivity contribution < 1.29 is 9.21 Å². The van der Waals surface area contributed by atoms with Crippen LogP contribution in [-0.4, -0.2) is 71.4 Å². The number of benzene rings is 1. The standard InChI is InChI=1S/C23H32N4O2/c1-4-19(2)25(3)23(28)21-18-29-22(24-21)17-27-15-13-26(14-16-27)12-8-11-20-9-6-5-7-10-20/h5-11,18-19H,4,12-17H2,1-3H3/b11-8+. The average Bonchev–Trinajstić information content (AvgIpc) is 3.22. The Labute approximate surface area is 173 Å². The molecule has 0 spiro atoms. The van der Waals surface area contributed by atoms with Gasteiger partial charge in [0.1, 0.15) is 6.26 Å². The lowest BCUT2D eigenvalue weighted by molar-refractivity contribution is 0.0734. The Balaban J connectivity index is 1.43. The molecule has 2 aromatic rings. The predicted octanol–water partition coefficient (Wildman–Crippen LogP) is 3.38. The fraction of sp³-hybridized carbons (Fsp3) is 0.478. The fourth-order valence-corrected chi connectivity index (χ4v) is 3.36. The number of oxazole rings is 1. The Kier molecular flexibility index (Phi) is 7.61. The van der Waals surface area contributed by atoms with Crippen LogP contribution in [0.15, 0.2) is 47.1 Å². The van der Waals surface area contributed by atoms with Crippen LogP contribution in [0, 0.1) is 0 Å². The number of hydrogen-bond donors (Lipinski definition) is 0. The second kappa shape index (κ2) is 10.4. The highest BCUT2D eigenvalue weighted by molar-refractivity contribution is 5.92. The van der Waals surface area contributed by atoms with Crippen molar-refractivity contribution in [2.75, 3.05) is 39.8 Å². The van der Waals surface area contributed by atoms with E-state index in [4.69, 9.17) is 4.42 Å². The quantitative estimate of drug-likeness (QED) is 0.685. The van der Waals surface area contributed by atoms with Gasteiger partial charge in [-0.1, -0.05) is 49.4 Å². The molecule has 1 aliphatic rings. The topological polar surface area (TPSA) is 52.8 Å². The number of amides is 1. The van der Waals surface area contributed by atoms with Crippen molar-refractivity contribution in [2.24, 2.45) is 0 Å². The normalized spacial score (nSPS) is 16.9. The average molecular weight is 397 g/mol. The molecule has 0 aliphatic carbocycles. The summed E-state index contributed by atoms with van der Waals surface area (Å²) in [4.78, 5) is 23.4. The second-order valence-corrected chi connectivity index (χ2v) is 7.69. The van der Waals surface area contributed by atoms with Crippen LogP contribution in [0.2, 0.25) is 0 Å². The van der Waals surface area contributed by atoms with Crippen molar-refractivity contribution in [2.45, 2.75) is 32.9 Å². The zero-order valence-electron chi connectivity index (χ0n) is 17.8. The molecule has 156 valence electrons. The minimum Gasteiger partial charge on any atom is -0.447 e. The van der Waals surface area contributed by atoms with E-state index in [0.29, 0.717) is 18.1 Å². The maximum atomic E-state index is 12.5. The molecule has 1 aromatic carbocycles. The maximum Gasteiger partial charge on any atom is 0.275 e. The molecule has 1 aromatic heterocycles. The number of carbonyl (C=O) groups is 1. The third-order valence-corrected chi connectivity index (χ3v) is 5.64. The number of piperazine rings is 1. The summed E-state index contributed by atoms with van der Waals surface area (Å²) in [5.41, 5.74) is 1.63.